The first-order chi connectivity index (χ1) is 11.0. The van der Waals surface area contributed by atoms with Crippen molar-refractivity contribution < 1.29 is 14.3 Å². The molecule has 128 valence electrons. The van der Waals surface area contributed by atoms with Gasteiger partial charge in [0.1, 0.15) is 5.82 Å². The lowest BCUT2D eigenvalue weighted by Gasteiger charge is -2.19. The largest absolute Gasteiger partial charge is 0.393 e. The Bertz CT molecular complexity index is 531. The van der Waals surface area contributed by atoms with E-state index in [1.54, 1.807) is 12.1 Å². The Morgan fingerprint density at radius 3 is 2.65 bits per heavy atom. The van der Waals surface area contributed by atoms with E-state index in [1.165, 1.54) is 6.07 Å². The lowest BCUT2D eigenvalue weighted by atomic mass is 10.0. The first kappa shape index (κ1) is 17.5. The Hall–Kier alpha value is -1.82. The summed E-state index contributed by atoms with van der Waals surface area (Å²) >= 11 is 0. The number of hydrogen-bond acceptors (Lipinski definition) is 3. The number of aliphatic hydroxyl groups excluding tert-OH is 1. The molecule has 1 aromatic rings. The second-order valence-corrected chi connectivity index (χ2v) is 6.34. The van der Waals surface area contributed by atoms with Crippen molar-refractivity contribution in [2.24, 2.45) is 5.92 Å². The van der Waals surface area contributed by atoms with Gasteiger partial charge in [-0.15, -0.1) is 0 Å². The summed E-state index contributed by atoms with van der Waals surface area (Å²) in [5.41, 5.74) is 1.01. The van der Waals surface area contributed by atoms with Crippen LogP contribution in [0.15, 0.2) is 18.2 Å². The minimum absolute atomic E-state index is 0.159. The summed E-state index contributed by atoms with van der Waals surface area (Å²) in [6.45, 7) is 5.98. The molecule has 1 heterocycles. The fraction of sp³-hybridized carbons (Fsp3) is 0.588. The van der Waals surface area contributed by atoms with Gasteiger partial charge in [0, 0.05) is 25.3 Å². The van der Waals surface area contributed by atoms with Gasteiger partial charge < -0.3 is 20.6 Å². The number of carbonyl (C=O) groups is 1. The highest BCUT2D eigenvalue weighted by molar-refractivity contribution is 5.89. The molecule has 0 aromatic heterocycles. The maximum Gasteiger partial charge on any atom is 0.319 e. The fourth-order valence-corrected chi connectivity index (χ4v) is 2.64. The van der Waals surface area contributed by atoms with Crippen molar-refractivity contribution in [3.8, 4) is 0 Å². The lowest BCUT2D eigenvalue weighted by molar-refractivity contribution is 0.117. The summed E-state index contributed by atoms with van der Waals surface area (Å²) in [5, 5.41) is 15.0. The average Bonchev–Trinajstić information content (AvgIpc) is 3.01. The Kier molecular flexibility index (Phi) is 6.21. The number of aliphatic hydroxyl groups is 1. The van der Waals surface area contributed by atoms with E-state index < -0.39 is 12.1 Å². The van der Waals surface area contributed by atoms with E-state index >= 15 is 0 Å². The molecule has 0 aliphatic carbocycles. The summed E-state index contributed by atoms with van der Waals surface area (Å²) in [6.07, 6.45) is 2.23. The van der Waals surface area contributed by atoms with Crippen molar-refractivity contribution >= 4 is 17.4 Å². The molecule has 2 rings (SSSR count). The van der Waals surface area contributed by atoms with Crippen LogP contribution in [0.4, 0.5) is 20.6 Å². The number of rotatable bonds is 6. The number of amides is 2. The number of nitrogens with zero attached hydrogens (tertiary/aromatic N) is 1. The van der Waals surface area contributed by atoms with Crippen LogP contribution in [0, 0.1) is 11.7 Å². The minimum Gasteiger partial charge on any atom is -0.393 e. The quantitative estimate of drug-likeness (QED) is 0.754. The lowest BCUT2D eigenvalue weighted by Crippen LogP contribution is -2.32. The third kappa shape index (κ3) is 5.10. The van der Waals surface area contributed by atoms with Crippen LogP contribution in [-0.2, 0) is 0 Å². The van der Waals surface area contributed by atoms with Crippen LogP contribution in [0.1, 0.15) is 33.1 Å². The maximum atomic E-state index is 14.2. The van der Waals surface area contributed by atoms with Gasteiger partial charge >= 0.3 is 6.03 Å². The topological polar surface area (TPSA) is 64.6 Å². The van der Waals surface area contributed by atoms with Crippen LogP contribution < -0.4 is 15.5 Å². The number of anilines is 2. The molecule has 3 N–H and O–H groups in total. The molecule has 0 radical (unpaired) electrons. The number of hydrogen-bond donors (Lipinski definition) is 3. The molecule has 1 aromatic carbocycles. The number of nitrogens with one attached hydrogen (secondary N) is 2. The van der Waals surface area contributed by atoms with Crippen LogP contribution in [0.25, 0.3) is 0 Å². The molecule has 1 atom stereocenters. The summed E-state index contributed by atoms with van der Waals surface area (Å²) in [4.78, 5) is 13.8. The van der Waals surface area contributed by atoms with Crippen molar-refractivity contribution in [1.82, 2.24) is 5.32 Å². The van der Waals surface area contributed by atoms with E-state index in [4.69, 9.17) is 0 Å². The van der Waals surface area contributed by atoms with Crippen molar-refractivity contribution in [2.75, 3.05) is 29.9 Å². The van der Waals surface area contributed by atoms with Gasteiger partial charge in [0.05, 0.1) is 11.8 Å². The number of benzene rings is 1. The summed E-state index contributed by atoms with van der Waals surface area (Å²) in [5.74, 6) is -0.160. The molecule has 0 bridgehead atoms. The molecule has 5 nitrogen and oxygen atoms in total. The van der Waals surface area contributed by atoms with Gasteiger partial charge in [0.2, 0.25) is 0 Å². The van der Waals surface area contributed by atoms with Gasteiger partial charge in [-0.2, -0.15) is 0 Å². The average molecular weight is 323 g/mol. The van der Waals surface area contributed by atoms with Crippen LogP contribution >= 0.6 is 0 Å². The summed E-state index contributed by atoms with van der Waals surface area (Å²) in [6, 6.07) is 4.36. The van der Waals surface area contributed by atoms with Gasteiger partial charge in [-0.3, -0.25) is 0 Å². The van der Waals surface area contributed by atoms with E-state index in [0.717, 1.165) is 25.9 Å². The smallest absolute Gasteiger partial charge is 0.319 e. The SMILES string of the molecule is CC(C)C(O)CCNC(=O)Nc1ccc(N2CCCC2)c(F)c1. The number of halogens is 1. The van der Waals surface area contributed by atoms with Gasteiger partial charge in [-0.05, 0) is 43.4 Å². The van der Waals surface area contributed by atoms with Gasteiger partial charge in [0.25, 0.3) is 0 Å². The fourth-order valence-electron chi connectivity index (χ4n) is 2.64. The highest BCUT2D eigenvalue weighted by Crippen LogP contribution is 2.25. The zero-order chi connectivity index (χ0) is 16.8. The predicted molar refractivity (Wildman–Crippen MR) is 90.3 cm³/mol. The standard InChI is InChI=1S/C17H26FN3O2/c1-12(2)16(22)7-8-19-17(23)20-13-5-6-15(14(18)11-13)21-9-3-4-10-21/h5-6,11-12,16,22H,3-4,7-10H2,1-2H3,(H2,19,20,23). The predicted octanol–water partition coefficient (Wildman–Crippen LogP) is 2.95. The molecule has 1 fully saturated rings. The van der Waals surface area contributed by atoms with Crippen molar-refractivity contribution in [3.05, 3.63) is 24.0 Å². The molecule has 6 heteroatoms. The normalized spacial score (nSPS) is 15.8. The molecule has 1 unspecified atom stereocenters. The molecule has 1 saturated heterocycles. The third-order valence-corrected chi connectivity index (χ3v) is 4.15. The zero-order valence-electron chi connectivity index (χ0n) is 13.8. The van der Waals surface area contributed by atoms with Crippen LogP contribution in [0.3, 0.4) is 0 Å². The zero-order valence-corrected chi connectivity index (χ0v) is 13.8. The molecule has 0 saturated carbocycles. The number of urea groups is 1. The monoisotopic (exact) mass is 323 g/mol. The summed E-state index contributed by atoms with van der Waals surface area (Å²) in [7, 11) is 0. The molecule has 0 spiro atoms. The van der Waals surface area contributed by atoms with Crippen LogP contribution in [-0.4, -0.2) is 36.9 Å². The van der Waals surface area contributed by atoms with E-state index in [2.05, 4.69) is 10.6 Å². The second kappa shape index (κ2) is 8.15. The van der Waals surface area contributed by atoms with Crippen LogP contribution in [0.2, 0.25) is 0 Å². The molecular formula is C17H26FN3O2. The minimum atomic E-state index is -0.438. The van der Waals surface area contributed by atoms with E-state index in [1.807, 2.05) is 18.7 Å². The molecule has 2 amide bonds. The first-order valence-electron chi connectivity index (χ1n) is 8.25. The van der Waals surface area contributed by atoms with E-state index in [-0.39, 0.29) is 11.7 Å². The van der Waals surface area contributed by atoms with Crippen molar-refractivity contribution in [1.29, 1.82) is 0 Å². The molecular weight excluding hydrogens is 297 g/mol. The van der Waals surface area contributed by atoms with E-state index in [9.17, 15) is 14.3 Å². The Labute approximate surface area is 136 Å². The Morgan fingerprint density at radius 2 is 2.04 bits per heavy atom. The molecule has 23 heavy (non-hydrogen) atoms. The third-order valence-electron chi connectivity index (χ3n) is 4.15. The van der Waals surface area contributed by atoms with Gasteiger partial charge in [0.15, 0.2) is 0 Å². The van der Waals surface area contributed by atoms with E-state index in [0.29, 0.717) is 24.3 Å². The highest BCUT2D eigenvalue weighted by Gasteiger charge is 2.16. The van der Waals surface area contributed by atoms with Gasteiger partial charge in [-0.25, -0.2) is 9.18 Å². The summed E-state index contributed by atoms with van der Waals surface area (Å²) < 4.78 is 14.2. The Balaban J connectivity index is 1.83. The second-order valence-electron chi connectivity index (χ2n) is 6.34. The molecule has 1 aliphatic rings. The molecule has 1 aliphatic heterocycles. The Morgan fingerprint density at radius 1 is 1.35 bits per heavy atom. The van der Waals surface area contributed by atoms with Crippen molar-refractivity contribution in [2.45, 2.75) is 39.2 Å². The number of carbonyl (C=O) groups excluding carboxylic acids is 1. The first-order valence-corrected chi connectivity index (χ1v) is 8.25. The maximum absolute atomic E-state index is 14.2. The highest BCUT2D eigenvalue weighted by atomic mass is 19.1. The van der Waals surface area contributed by atoms with Crippen LogP contribution in [0.5, 0.6) is 0 Å². The van der Waals surface area contributed by atoms with Crippen molar-refractivity contribution in [3.63, 3.8) is 0 Å². The van der Waals surface area contributed by atoms with Gasteiger partial charge in [-0.1, -0.05) is 13.8 Å².